The van der Waals surface area contributed by atoms with E-state index in [2.05, 4.69) is 10.9 Å². The molecule has 1 aromatic heterocycles. The van der Waals surface area contributed by atoms with E-state index >= 15 is 0 Å². The van der Waals surface area contributed by atoms with Crippen molar-refractivity contribution in [1.29, 1.82) is 0 Å². The molecular formula is C19H30N3O6PS. The second-order valence-corrected chi connectivity index (χ2v) is 11.3. The number of nitrogen functional groups attached to an aromatic ring is 1. The smallest absolute Gasteiger partial charge is 0.351 e. The maximum Gasteiger partial charge on any atom is 0.351 e. The molecule has 11 heteroatoms. The quantitative estimate of drug-likeness (QED) is 0.445. The topological polar surface area (TPSA) is 118 Å². The second-order valence-electron chi connectivity index (χ2n) is 8.54. The van der Waals surface area contributed by atoms with Crippen molar-refractivity contribution in [2.24, 2.45) is 5.41 Å². The van der Waals surface area contributed by atoms with E-state index in [0.717, 1.165) is 0 Å². The van der Waals surface area contributed by atoms with Crippen molar-refractivity contribution in [2.75, 3.05) is 12.3 Å². The molecule has 1 fully saturated rings. The lowest BCUT2D eigenvalue weighted by Gasteiger charge is -2.30. The molecule has 5 atom stereocenters. The molecule has 0 aliphatic carbocycles. The number of hydrogen-bond donors (Lipinski definition) is 2. The van der Waals surface area contributed by atoms with Gasteiger partial charge < -0.3 is 24.6 Å². The average molecular weight is 460 g/mol. The fourth-order valence-electron chi connectivity index (χ4n) is 3.21. The highest BCUT2D eigenvalue weighted by molar-refractivity contribution is 8.07. The minimum absolute atomic E-state index is 0.0525. The highest BCUT2D eigenvalue weighted by atomic mass is 32.5. The minimum Gasteiger partial charge on any atom is -0.383 e. The van der Waals surface area contributed by atoms with Gasteiger partial charge in [0.2, 0.25) is 0 Å². The van der Waals surface area contributed by atoms with Gasteiger partial charge in [-0.15, -0.1) is 6.42 Å². The van der Waals surface area contributed by atoms with Crippen molar-refractivity contribution >= 4 is 24.3 Å². The van der Waals surface area contributed by atoms with Crippen LogP contribution in [0.15, 0.2) is 17.1 Å². The summed E-state index contributed by atoms with van der Waals surface area (Å²) in [6, 6.07) is 1.48. The lowest BCUT2D eigenvalue weighted by Crippen LogP contribution is -2.39. The van der Waals surface area contributed by atoms with Crippen LogP contribution in [0.1, 0.15) is 47.3 Å². The normalized spacial score (nSPS) is 26.5. The Morgan fingerprint density at radius 3 is 2.67 bits per heavy atom. The molecule has 1 aromatic rings. The molecule has 1 aliphatic heterocycles. The number of hydrogen-bond acceptors (Lipinski definition) is 8. The lowest BCUT2D eigenvalue weighted by molar-refractivity contribution is -0.0653. The number of anilines is 1. The Balaban J connectivity index is 2.46. The monoisotopic (exact) mass is 459 g/mol. The molecule has 2 rings (SSSR count). The Bertz CT molecular complexity index is 878. The number of nitrogens with zero attached hydrogens (tertiary/aromatic N) is 2. The summed E-state index contributed by atoms with van der Waals surface area (Å²) in [7, 11) is 0. The van der Waals surface area contributed by atoms with Crippen LogP contribution in [-0.4, -0.2) is 45.5 Å². The molecule has 0 radical (unpaired) electrons. The molecule has 9 nitrogen and oxygen atoms in total. The van der Waals surface area contributed by atoms with Crippen molar-refractivity contribution in [1.82, 2.24) is 9.55 Å². The number of nitrogens with two attached hydrogens (primary N) is 1. The maximum atomic E-state index is 12.4. The molecule has 2 unspecified atom stereocenters. The molecule has 0 amide bonds. The first kappa shape index (κ1) is 25.0. The van der Waals surface area contributed by atoms with E-state index in [9.17, 15) is 9.69 Å². The van der Waals surface area contributed by atoms with Gasteiger partial charge in [0.1, 0.15) is 24.6 Å². The van der Waals surface area contributed by atoms with Gasteiger partial charge >= 0.3 is 12.4 Å². The molecule has 0 aromatic carbocycles. The van der Waals surface area contributed by atoms with Gasteiger partial charge in [-0.1, -0.05) is 26.7 Å². The summed E-state index contributed by atoms with van der Waals surface area (Å²) in [4.78, 5) is 26.8. The molecule has 0 saturated carbocycles. The van der Waals surface area contributed by atoms with E-state index in [0.29, 0.717) is 6.42 Å². The van der Waals surface area contributed by atoms with E-state index in [4.69, 9.17) is 42.5 Å². The van der Waals surface area contributed by atoms with Crippen molar-refractivity contribution < 1.29 is 23.4 Å². The fraction of sp³-hybridized carbons (Fsp3) is 0.684. The molecule has 1 aliphatic rings. The third-order valence-electron chi connectivity index (χ3n) is 4.18. The summed E-state index contributed by atoms with van der Waals surface area (Å²) in [5, 5.41) is 0. The van der Waals surface area contributed by atoms with Gasteiger partial charge in [-0.05, 0) is 43.6 Å². The summed E-state index contributed by atoms with van der Waals surface area (Å²) >= 11 is 5.19. The van der Waals surface area contributed by atoms with Gasteiger partial charge in [0, 0.05) is 6.20 Å². The van der Waals surface area contributed by atoms with Crippen molar-refractivity contribution in [3.8, 4) is 12.3 Å². The number of terminal acetylenes is 1. The third-order valence-corrected chi connectivity index (χ3v) is 5.90. The minimum atomic E-state index is -3.61. The van der Waals surface area contributed by atoms with E-state index in [1.165, 1.54) is 16.8 Å². The molecular weight excluding hydrogens is 429 g/mol. The Morgan fingerprint density at radius 1 is 1.47 bits per heavy atom. The Kier molecular flexibility index (Phi) is 8.22. The number of ether oxygens (including phenoxy) is 2. The fourth-order valence-corrected chi connectivity index (χ4v) is 5.17. The van der Waals surface area contributed by atoms with Crippen LogP contribution in [0.2, 0.25) is 0 Å². The highest BCUT2D eigenvalue weighted by Gasteiger charge is 2.50. The average Bonchev–Trinajstić information content (AvgIpc) is 2.86. The van der Waals surface area contributed by atoms with Crippen LogP contribution >= 0.6 is 6.72 Å². The van der Waals surface area contributed by atoms with Crippen molar-refractivity contribution in [3.05, 3.63) is 22.7 Å². The third kappa shape index (κ3) is 6.86. The van der Waals surface area contributed by atoms with Crippen LogP contribution < -0.4 is 11.4 Å². The molecule has 0 spiro atoms. The van der Waals surface area contributed by atoms with Crippen LogP contribution in [0.25, 0.3) is 0 Å². The zero-order chi connectivity index (χ0) is 22.7. The zero-order valence-corrected chi connectivity index (χ0v) is 19.6. The molecule has 0 bridgehead atoms. The van der Waals surface area contributed by atoms with Gasteiger partial charge in [-0.25, -0.2) is 4.79 Å². The SMILES string of the molecule is C#CCOC1[C@@H](OP(O)(=S)OC(C)C)[C@@H](CC(C)(C)C)O[C@H]1n1ccc(N)nc1=O. The van der Waals surface area contributed by atoms with Gasteiger partial charge in [0.05, 0.1) is 12.2 Å². The van der Waals surface area contributed by atoms with Crippen molar-refractivity contribution in [2.45, 2.75) is 71.7 Å². The van der Waals surface area contributed by atoms with Crippen LogP contribution in [0, 0.1) is 17.8 Å². The Labute approximate surface area is 182 Å². The van der Waals surface area contributed by atoms with Crippen LogP contribution in [-0.2, 0) is 30.3 Å². The summed E-state index contributed by atoms with van der Waals surface area (Å²) in [6.07, 6.45) is 3.95. The predicted octanol–water partition coefficient (Wildman–Crippen LogP) is 2.20. The largest absolute Gasteiger partial charge is 0.383 e. The molecule has 3 N–H and O–H groups in total. The lowest BCUT2D eigenvalue weighted by atomic mass is 9.87. The number of rotatable bonds is 8. The van der Waals surface area contributed by atoms with E-state index in [1.54, 1.807) is 13.8 Å². The summed E-state index contributed by atoms with van der Waals surface area (Å²) in [6.45, 7) is 5.93. The van der Waals surface area contributed by atoms with E-state index < -0.39 is 36.9 Å². The summed E-state index contributed by atoms with van der Waals surface area (Å²) in [5.74, 6) is 2.49. The second kappa shape index (κ2) is 9.88. The van der Waals surface area contributed by atoms with Crippen LogP contribution in [0.3, 0.4) is 0 Å². The van der Waals surface area contributed by atoms with Crippen LogP contribution in [0.4, 0.5) is 5.82 Å². The Morgan fingerprint density at radius 2 is 2.13 bits per heavy atom. The number of aromatic nitrogens is 2. The highest BCUT2D eigenvalue weighted by Crippen LogP contribution is 2.51. The van der Waals surface area contributed by atoms with E-state index in [-0.39, 0.29) is 23.9 Å². The van der Waals surface area contributed by atoms with Gasteiger partial charge in [-0.2, -0.15) is 4.98 Å². The first-order valence-electron chi connectivity index (χ1n) is 9.58. The van der Waals surface area contributed by atoms with Gasteiger partial charge in [0.25, 0.3) is 0 Å². The predicted molar refractivity (Wildman–Crippen MR) is 117 cm³/mol. The molecule has 1 saturated heterocycles. The maximum absolute atomic E-state index is 12.4. The van der Waals surface area contributed by atoms with Gasteiger partial charge in [-0.3, -0.25) is 9.09 Å². The van der Waals surface area contributed by atoms with Crippen LogP contribution in [0.5, 0.6) is 0 Å². The van der Waals surface area contributed by atoms with E-state index in [1.807, 2.05) is 20.8 Å². The standard InChI is InChI=1S/C19H30N3O6PS/c1-7-10-25-16-15(28-29(24,30)27-12(2)3)13(11-19(4,5)6)26-17(16)22-9-8-14(20)21-18(22)23/h1,8-9,12-13,15-17H,10-11H2,2-6H3,(H,24,30)(H2,20,21,23)/t13-,15+,16?,17-,29?/m1/s1. The Hall–Kier alpha value is -1.31. The molecule has 2 heterocycles. The first-order chi connectivity index (χ1) is 13.8. The zero-order valence-electron chi connectivity index (χ0n) is 17.8. The van der Waals surface area contributed by atoms with Crippen molar-refractivity contribution in [3.63, 3.8) is 0 Å². The molecule has 30 heavy (non-hydrogen) atoms. The first-order valence-corrected chi connectivity index (χ1v) is 12.2. The summed E-state index contributed by atoms with van der Waals surface area (Å²) in [5.41, 5.74) is 4.84. The summed E-state index contributed by atoms with van der Waals surface area (Å²) < 4.78 is 24.6. The molecule has 168 valence electrons. The van der Waals surface area contributed by atoms with Gasteiger partial charge in [0.15, 0.2) is 6.23 Å².